The van der Waals surface area contributed by atoms with Crippen LogP contribution in [0, 0.1) is 0 Å². The van der Waals surface area contributed by atoms with Crippen molar-refractivity contribution >= 4 is 31.3 Å². The Bertz CT molecular complexity index is 1140. The number of ether oxygens (including phenoxy) is 2. The molecule has 8 nitrogen and oxygen atoms in total. The molecule has 2 aromatic rings. The van der Waals surface area contributed by atoms with Crippen LogP contribution < -0.4 is 14.8 Å². The number of carbonyl (C=O) groups is 1. The van der Waals surface area contributed by atoms with E-state index in [1.165, 1.54) is 38.5 Å². The Hall–Kier alpha value is -2.59. The first-order chi connectivity index (χ1) is 13.7. The molecule has 1 fully saturated rings. The van der Waals surface area contributed by atoms with Gasteiger partial charge in [0.25, 0.3) is 5.91 Å². The van der Waals surface area contributed by atoms with Crippen molar-refractivity contribution in [3.05, 3.63) is 48.0 Å². The maximum Gasteiger partial charge on any atom is 0.255 e. The van der Waals surface area contributed by atoms with Gasteiger partial charge in [-0.25, -0.2) is 16.8 Å². The largest absolute Gasteiger partial charge is 0.493 e. The van der Waals surface area contributed by atoms with E-state index >= 15 is 0 Å². The monoisotopic (exact) mass is 439 g/mol. The number of nitrogens with one attached hydrogen (secondary N) is 1. The summed E-state index contributed by atoms with van der Waals surface area (Å²) in [7, 11) is -4.23. The highest BCUT2D eigenvalue weighted by Gasteiger charge is 2.38. The van der Waals surface area contributed by atoms with Gasteiger partial charge in [-0.3, -0.25) is 4.79 Å². The summed E-state index contributed by atoms with van der Waals surface area (Å²) < 4.78 is 59.2. The average molecular weight is 440 g/mol. The molecule has 0 saturated carbocycles. The van der Waals surface area contributed by atoms with Crippen molar-refractivity contribution in [3.63, 3.8) is 0 Å². The van der Waals surface area contributed by atoms with Crippen molar-refractivity contribution in [1.29, 1.82) is 0 Å². The molecular weight excluding hydrogens is 418 g/mol. The first kappa shape index (κ1) is 21.1. The van der Waals surface area contributed by atoms with Gasteiger partial charge < -0.3 is 14.8 Å². The summed E-state index contributed by atoms with van der Waals surface area (Å²) in [4.78, 5) is 12.5. The van der Waals surface area contributed by atoms with Gasteiger partial charge in [-0.05, 0) is 36.8 Å². The summed E-state index contributed by atoms with van der Waals surface area (Å²) in [6, 6.07) is 10.4. The van der Waals surface area contributed by atoms with E-state index in [4.69, 9.17) is 9.47 Å². The number of carbonyl (C=O) groups excluding carboxylic acids is 1. The Balaban J connectivity index is 1.83. The third-order valence-electron chi connectivity index (χ3n) is 4.70. The molecule has 0 bridgehead atoms. The molecule has 29 heavy (non-hydrogen) atoms. The van der Waals surface area contributed by atoms with Gasteiger partial charge >= 0.3 is 0 Å². The van der Waals surface area contributed by atoms with Crippen LogP contribution in [0.4, 0.5) is 5.69 Å². The van der Waals surface area contributed by atoms with E-state index in [1.807, 2.05) is 0 Å². The predicted octanol–water partition coefficient (Wildman–Crippen LogP) is 1.92. The molecule has 1 atom stereocenters. The van der Waals surface area contributed by atoms with Crippen LogP contribution in [0.2, 0.25) is 0 Å². The van der Waals surface area contributed by atoms with Crippen molar-refractivity contribution in [2.75, 3.05) is 31.0 Å². The van der Waals surface area contributed by atoms with Crippen LogP contribution in [0.15, 0.2) is 47.4 Å². The normalized spacial score (nSPS) is 18.2. The molecule has 0 aliphatic carbocycles. The Morgan fingerprint density at radius 1 is 1.07 bits per heavy atom. The summed E-state index contributed by atoms with van der Waals surface area (Å²) in [6.45, 7) is 0. The first-order valence-corrected chi connectivity index (χ1v) is 12.1. The Kier molecular flexibility index (Phi) is 5.85. The van der Waals surface area contributed by atoms with Gasteiger partial charge in [-0.2, -0.15) is 0 Å². The van der Waals surface area contributed by atoms with E-state index in [9.17, 15) is 21.6 Å². The number of benzene rings is 2. The molecule has 1 saturated heterocycles. The number of anilines is 1. The SMILES string of the molecule is COc1ccc(NC(=O)c2cccc(S(=O)(=O)C3CCS(=O)(=O)C3)c2)cc1OC. The number of methoxy groups -OCH3 is 2. The van der Waals surface area contributed by atoms with E-state index in [1.54, 1.807) is 18.2 Å². The van der Waals surface area contributed by atoms with Gasteiger partial charge in [-0.15, -0.1) is 0 Å². The van der Waals surface area contributed by atoms with Crippen LogP contribution in [0.25, 0.3) is 0 Å². The Morgan fingerprint density at radius 3 is 2.41 bits per heavy atom. The molecule has 2 aromatic carbocycles. The highest BCUT2D eigenvalue weighted by Crippen LogP contribution is 2.30. The van der Waals surface area contributed by atoms with E-state index < -0.39 is 36.6 Å². The molecular formula is C19H21NO7S2. The fraction of sp³-hybridized carbons (Fsp3) is 0.316. The summed E-state index contributed by atoms with van der Waals surface area (Å²) in [5, 5.41) is 1.69. The molecule has 0 radical (unpaired) electrons. The zero-order valence-corrected chi connectivity index (χ0v) is 17.5. The minimum absolute atomic E-state index is 0.0622. The second-order valence-electron chi connectivity index (χ2n) is 6.62. The number of hydrogen-bond acceptors (Lipinski definition) is 7. The molecule has 1 heterocycles. The maximum atomic E-state index is 12.8. The molecule has 3 rings (SSSR count). The third-order valence-corrected chi connectivity index (χ3v) is 8.87. The van der Waals surface area contributed by atoms with Crippen molar-refractivity contribution in [2.45, 2.75) is 16.6 Å². The standard InChI is InChI=1S/C19H21NO7S2/c1-26-17-7-6-14(11-18(17)27-2)20-19(21)13-4-3-5-15(10-13)29(24,25)16-8-9-28(22,23)12-16/h3-7,10-11,16H,8-9,12H2,1-2H3,(H,20,21). The molecule has 1 aliphatic rings. The third kappa shape index (κ3) is 4.54. The van der Waals surface area contributed by atoms with Gasteiger partial charge in [-0.1, -0.05) is 6.07 Å². The minimum Gasteiger partial charge on any atom is -0.493 e. The fourth-order valence-corrected chi connectivity index (χ4v) is 7.53. The van der Waals surface area contributed by atoms with Crippen LogP contribution in [0.1, 0.15) is 16.8 Å². The highest BCUT2D eigenvalue weighted by atomic mass is 32.2. The van der Waals surface area contributed by atoms with E-state index in [0.717, 1.165) is 0 Å². The molecule has 0 aromatic heterocycles. The molecule has 0 spiro atoms. The lowest BCUT2D eigenvalue weighted by Gasteiger charge is -2.12. The Morgan fingerprint density at radius 2 is 1.79 bits per heavy atom. The zero-order chi connectivity index (χ0) is 21.2. The van der Waals surface area contributed by atoms with Crippen LogP contribution in [0.5, 0.6) is 11.5 Å². The average Bonchev–Trinajstić information content (AvgIpc) is 3.08. The topological polar surface area (TPSA) is 116 Å². The number of amides is 1. The second kappa shape index (κ2) is 8.03. The summed E-state index contributed by atoms with van der Waals surface area (Å²) in [6.07, 6.45) is 0.0622. The van der Waals surface area contributed by atoms with E-state index in [-0.39, 0.29) is 22.6 Å². The van der Waals surface area contributed by atoms with Gasteiger partial charge in [0.05, 0.1) is 35.9 Å². The summed E-state index contributed by atoms with van der Waals surface area (Å²) in [5.41, 5.74) is 0.588. The quantitative estimate of drug-likeness (QED) is 0.731. The van der Waals surface area contributed by atoms with Crippen LogP contribution >= 0.6 is 0 Å². The van der Waals surface area contributed by atoms with Gasteiger partial charge in [0.1, 0.15) is 0 Å². The van der Waals surface area contributed by atoms with Crippen molar-refractivity contribution in [1.82, 2.24) is 0 Å². The molecule has 1 aliphatic heterocycles. The number of sulfone groups is 2. The van der Waals surface area contributed by atoms with Gasteiger partial charge in [0.15, 0.2) is 31.2 Å². The molecule has 1 amide bonds. The Labute approximate surface area is 169 Å². The molecule has 10 heteroatoms. The van der Waals surface area contributed by atoms with Crippen LogP contribution in [-0.4, -0.2) is 53.7 Å². The van der Waals surface area contributed by atoms with Crippen LogP contribution in [0.3, 0.4) is 0 Å². The summed E-state index contributed by atoms with van der Waals surface area (Å²) >= 11 is 0. The number of rotatable bonds is 6. The zero-order valence-electron chi connectivity index (χ0n) is 15.9. The summed E-state index contributed by atoms with van der Waals surface area (Å²) in [5.74, 6) is -0.101. The second-order valence-corrected chi connectivity index (χ2v) is 11.1. The molecule has 156 valence electrons. The van der Waals surface area contributed by atoms with Gasteiger partial charge in [0, 0.05) is 17.3 Å². The smallest absolute Gasteiger partial charge is 0.255 e. The van der Waals surface area contributed by atoms with Crippen molar-refractivity contribution in [2.24, 2.45) is 0 Å². The predicted molar refractivity (Wildman–Crippen MR) is 108 cm³/mol. The maximum absolute atomic E-state index is 12.8. The first-order valence-electron chi connectivity index (χ1n) is 8.74. The van der Waals surface area contributed by atoms with Crippen molar-refractivity contribution in [3.8, 4) is 11.5 Å². The van der Waals surface area contributed by atoms with E-state index in [0.29, 0.717) is 17.2 Å². The van der Waals surface area contributed by atoms with Crippen molar-refractivity contribution < 1.29 is 31.1 Å². The van der Waals surface area contributed by atoms with Crippen LogP contribution in [-0.2, 0) is 19.7 Å². The number of hydrogen-bond donors (Lipinski definition) is 1. The van der Waals surface area contributed by atoms with E-state index in [2.05, 4.69) is 5.32 Å². The lowest BCUT2D eigenvalue weighted by Crippen LogP contribution is -2.23. The minimum atomic E-state index is -3.85. The lowest BCUT2D eigenvalue weighted by atomic mass is 10.2. The molecule has 1 N–H and O–H groups in total. The van der Waals surface area contributed by atoms with Gasteiger partial charge in [0.2, 0.25) is 0 Å². The fourth-order valence-electron chi connectivity index (χ4n) is 3.13. The lowest BCUT2D eigenvalue weighted by molar-refractivity contribution is 0.102. The highest BCUT2D eigenvalue weighted by molar-refractivity contribution is 7.96. The molecule has 1 unspecified atom stereocenters.